The van der Waals surface area contributed by atoms with Gasteiger partial charge in [-0.05, 0) is 17.0 Å². The van der Waals surface area contributed by atoms with Gasteiger partial charge in [-0.25, -0.2) is 4.98 Å². The van der Waals surface area contributed by atoms with Gasteiger partial charge in [-0.2, -0.15) is 5.26 Å². The summed E-state index contributed by atoms with van der Waals surface area (Å²) in [4.78, 5) is 4.05. The largest absolute Gasteiger partial charge is 0.495 e. The SMILES string of the molecule is COc1cnc(C#N)c(C(C)(C)C)c1. The van der Waals surface area contributed by atoms with Crippen LogP contribution >= 0.6 is 0 Å². The number of rotatable bonds is 1. The molecule has 0 fully saturated rings. The second kappa shape index (κ2) is 3.67. The van der Waals surface area contributed by atoms with Crippen molar-refractivity contribution >= 4 is 0 Å². The highest BCUT2D eigenvalue weighted by molar-refractivity contribution is 5.40. The topological polar surface area (TPSA) is 45.9 Å². The molecule has 0 aliphatic heterocycles. The zero-order chi connectivity index (χ0) is 10.8. The van der Waals surface area contributed by atoms with Crippen LogP contribution in [0.4, 0.5) is 0 Å². The van der Waals surface area contributed by atoms with E-state index in [1.807, 2.05) is 26.8 Å². The van der Waals surface area contributed by atoms with Crippen LogP contribution in [0.15, 0.2) is 12.3 Å². The number of nitriles is 1. The van der Waals surface area contributed by atoms with Gasteiger partial charge >= 0.3 is 0 Å². The highest BCUT2D eigenvalue weighted by atomic mass is 16.5. The van der Waals surface area contributed by atoms with Crippen LogP contribution in [0, 0.1) is 11.3 Å². The lowest BCUT2D eigenvalue weighted by Crippen LogP contribution is -2.14. The van der Waals surface area contributed by atoms with Gasteiger partial charge < -0.3 is 4.74 Å². The van der Waals surface area contributed by atoms with E-state index >= 15 is 0 Å². The summed E-state index contributed by atoms with van der Waals surface area (Å²) in [5, 5.41) is 8.89. The third-order valence-electron chi connectivity index (χ3n) is 2.01. The molecule has 0 radical (unpaired) electrons. The lowest BCUT2D eigenvalue weighted by Gasteiger charge is -2.20. The van der Waals surface area contributed by atoms with Gasteiger partial charge in [0.25, 0.3) is 0 Å². The molecule has 1 aromatic heterocycles. The fraction of sp³-hybridized carbons (Fsp3) is 0.455. The Bertz CT molecular complexity index is 372. The first kappa shape index (κ1) is 10.5. The maximum atomic E-state index is 8.89. The second-order valence-electron chi connectivity index (χ2n) is 4.13. The van der Waals surface area contributed by atoms with Crippen molar-refractivity contribution in [3.63, 3.8) is 0 Å². The fourth-order valence-corrected chi connectivity index (χ4v) is 1.22. The van der Waals surface area contributed by atoms with Crippen molar-refractivity contribution in [1.82, 2.24) is 4.98 Å². The van der Waals surface area contributed by atoms with Gasteiger partial charge in [-0.3, -0.25) is 0 Å². The Hall–Kier alpha value is -1.56. The third kappa shape index (κ3) is 2.02. The van der Waals surface area contributed by atoms with E-state index < -0.39 is 0 Å². The average molecular weight is 190 g/mol. The summed E-state index contributed by atoms with van der Waals surface area (Å²) in [5.41, 5.74) is 1.30. The highest BCUT2D eigenvalue weighted by Crippen LogP contribution is 2.27. The minimum Gasteiger partial charge on any atom is -0.495 e. The van der Waals surface area contributed by atoms with Gasteiger partial charge in [0.15, 0.2) is 0 Å². The molecule has 0 saturated heterocycles. The molecular weight excluding hydrogens is 176 g/mol. The van der Waals surface area contributed by atoms with Crippen molar-refractivity contribution in [2.75, 3.05) is 7.11 Å². The Balaban J connectivity index is 3.31. The molecule has 74 valence electrons. The molecule has 14 heavy (non-hydrogen) atoms. The summed E-state index contributed by atoms with van der Waals surface area (Å²) in [5.74, 6) is 0.689. The predicted molar refractivity (Wildman–Crippen MR) is 54.2 cm³/mol. The molecule has 0 bridgehead atoms. The Morgan fingerprint density at radius 2 is 2.07 bits per heavy atom. The van der Waals surface area contributed by atoms with E-state index in [4.69, 9.17) is 10.00 Å². The van der Waals surface area contributed by atoms with E-state index in [0.717, 1.165) is 5.56 Å². The molecule has 0 saturated carbocycles. The number of aromatic nitrogens is 1. The monoisotopic (exact) mass is 190 g/mol. The normalized spacial score (nSPS) is 10.8. The third-order valence-corrected chi connectivity index (χ3v) is 2.01. The van der Waals surface area contributed by atoms with Crippen molar-refractivity contribution < 1.29 is 4.74 Å². The maximum Gasteiger partial charge on any atom is 0.144 e. The zero-order valence-electron chi connectivity index (χ0n) is 8.96. The highest BCUT2D eigenvalue weighted by Gasteiger charge is 2.19. The maximum absolute atomic E-state index is 8.89. The van der Waals surface area contributed by atoms with Crippen molar-refractivity contribution in [3.05, 3.63) is 23.5 Å². The van der Waals surface area contributed by atoms with Gasteiger partial charge in [0, 0.05) is 0 Å². The molecule has 1 rings (SSSR count). The number of pyridine rings is 1. The van der Waals surface area contributed by atoms with E-state index in [1.165, 1.54) is 0 Å². The first-order valence-corrected chi connectivity index (χ1v) is 4.43. The smallest absolute Gasteiger partial charge is 0.144 e. The van der Waals surface area contributed by atoms with Crippen LogP contribution in [0.3, 0.4) is 0 Å². The number of methoxy groups -OCH3 is 1. The van der Waals surface area contributed by atoms with E-state index in [2.05, 4.69) is 11.1 Å². The molecule has 0 N–H and O–H groups in total. The van der Waals surface area contributed by atoms with Crippen molar-refractivity contribution in [2.45, 2.75) is 26.2 Å². The Morgan fingerprint density at radius 3 is 2.50 bits per heavy atom. The Kier molecular flexibility index (Phi) is 2.76. The Morgan fingerprint density at radius 1 is 1.43 bits per heavy atom. The number of hydrogen-bond donors (Lipinski definition) is 0. The van der Waals surface area contributed by atoms with Crippen LogP contribution in [0.5, 0.6) is 5.75 Å². The summed E-state index contributed by atoms with van der Waals surface area (Å²) < 4.78 is 5.08. The van der Waals surface area contributed by atoms with E-state index in [0.29, 0.717) is 11.4 Å². The predicted octanol–water partition coefficient (Wildman–Crippen LogP) is 2.26. The fourth-order valence-electron chi connectivity index (χ4n) is 1.22. The van der Waals surface area contributed by atoms with Crippen LogP contribution in [0.2, 0.25) is 0 Å². The van der Waals surface area contributed by atoms with Crippen LogP contribution in [0.25, 0.3) is 0 Å². The van der Waals surface area contributed by atoms with Gasteiger partial charge in [0.2, 0.25) is 0 Å². The molecule has 0 aromatic carbocycles. The Labute approximate surface area is 84.3 Å². The summed E-state index contributed by atoms with van der Waals surface area (Å²) in [6.07, 6.45) is 1.56. The molecule has 3 heteroatoms. The summed E-state index contributed by atoms with van der Waals surface area (Å²) in [6.45, 7) is 6.14. The summed E-state index contributed by atoms with van der Waals surface area (Å²) in [7, 11) is 1.59. The number of hydrogen-bond acceptors (Lipinski definition) is 3. The first-order valence-electron chi connectivity index (χ1n) is 4.43. The summed E-state index contributed by atoms with van der Waals surface area (Å²) >= 11 is 0. The average Bonchev–Trinajstić information content (AvgIpc) is 2.15. The molecule has 1 heterocycles. The van der Waals surface area contributed by atoms with E-state index in [1.54, 1.807) is 13.3 Å². The molecule has 0 amide bonds. The zero-order valence-corrected chi connectivity index (χ0v) is 8.96. The molecule has 0 aliphatic carbocycles. The van der Waals surface area contributed by atoms with Crippen molar-refractivity contribution in [1.29, 1.82) is 5.26 Å². The van der Waals surface area contributed by atoms with Gasteiger partial charge in [0.1, 0.15) is 17.5 Å². The molecule has 0 spiro atoms. The van der Waals surface area contributed by atoms with Crippen LogP contribution in [-0.4, -0.2) is 12.1 Å². The molecule has 0 aliphatic rings. The van der Waals surface area contributed by atoms with Gasteiger partial charge in [0.05, 0.1) is 13.3 Å². The van der Waals surface area contributed by atoms with Crippen LogP contribution in [-0.2, 0) is 5.41 Å². The lowest BCUT2D eigenvalue weighted by molar-refractivity contribution is 0.410. The van der Waals surface area contributed by atoms with Gasteiger partial charge in [-0.15, -0.1) is 0 Å². The molecule has 3 nitrogen and oxygen atoms in total. The standard InChI is InChI=1S/C11H14N2O/c1-11(2,3)9-5-8(14-4)7-13-10(9)6-12/h5,7H,1-4H3. The quantitative estimate of drug-likeness (QED) is 0.682. The minimum atomic E-state index is -0.0907. The van der Waals surface area contributed by atoms with Crippen LogP contribution in [0.1, 0.15) is 32.0 Å². The van der Waals surface area contributed by atoms with Crippen molar-refractivity contribution in [2.24, 2.45) is 0 Å². The van der Waals surface area contributed by atoms with Crippen LogP contribution < -0.4 is 4.74 Å². The second-order valence-corrected chi connectivity index (χ2v) is 4.13. The van der Waals surface area contributed by atoms with Crippen molar-refractivity contribution in [3.8, 4) is 11.8 Å². The first-order chi connectivity index (χ1) is 6.49. The molecule has 1 aromatic rings. The van der Waals surface area contributed by atoms with Gasteiger partial charge in [-0.1, -0.05) is 20.8 Å². The molecule has 0 atom stereocenters. The lowest BCUT2D eigenvalue weighted by atomic mass is 9.86. The van der Waals surface area contributed by atoms with E-state index in [9.17, 15) is 0 Å². The number of nitrogens with zero attached hydrogens (tertiary/aromatic N) is 2. The molecular formula is C11H14N2O. The number of ether oxygens (including phenoxy) is 1. The minimum absolute atomic E-state index is 0.0907. The molecule has 0 unspecified atom stereocenters. The summed E-state index contributed by atoms with van der Waals surface area (Å²) in [6, 6.07) is 3.95. The van der Waals surface area contributed by atoms with E-state index in [-0.39, 0.29) is 5.41 Å².